The van der Waals surface area contributed by atoms with Crippen LogP contribution in [0.15, 0.2) is 94.5 Å². The van der Waals surface area contributed by atoms with Crippen molar-refractivity contribution in [3.8, 4) is 34.2 Å². The first-order valence-electron chi connectivity index (χ1n) is 16.3. The summed E-state index contributed by atoms with van der Waals surface area (Å²) in [6.07, 6.45) is 5.64. The predicted molar refractivity (Wildman–Crippen MR) is 190 cm³/mol. The zero-order valence-electron chi connectivity index (χ0n) is 27.6. The van der Waals surface area contributed by atoms with Gasteiger partial charge in [0.15, 0.2) is 5.76 Å². The Hall–Kier alpha value is -6.87. The lowest BCUT2D eigenvalue weighted by Gasteiger charge is -2.20. The smallest absolute Gasteiger partial charge is 0.328 e. The largest absolute Gasteiger partial charge is 0.448 e. The number of imide groups is 1. The van der Waals surface area contributed by atoms with E-state index in [4.69, 9.17) is 9.40 Å². The Morgan fingerprint density at radius 2 is 1.76 bits per heavy atom. The van der Waals surface area contributed by atoms with Crippen molar-refractivity contribution < 1.29 is 18.8 Å². The number of hydrogen-bond acceptors (Lipinski definition) is 8. The van der Waals surface area contributed by atoms with Gasteiger partial charge in [-0.15, -0.1) is 0 Å². The number of amides is 3. The molecule has 3 amide bonds. The maximum Gasteiger partial charge on any atom is 0.328 e. The molecule has 1 aliphatic heterocycles. The molecule has 0 saturated carbocycles. The molecule has 1 atom stereocenters. The second kappa shape index (κ2) is 12.5. The third-order valence-corrected chi connectivity index (χ3v) is 9.23. The van der Waals surface area contributed by atoms with Gasteiger partial charge in [-0.25, -0.2) is 4.79 Å². The molecule has 12 heteroatoms. The molecule has 0 bridgehead atoms. The summed E-state index contributed by atoms with van der Waals surface area (Å²) < 4.78 is 9.11. The Kier molecular flexibility index (Phi) is 7.72. The minimum absolute atomic E-state index is 0.0552. The number of carbonyl (C=O) groups is 3. The van der Waals surface area contributed by atoms with E-state index in [1.807, 2.05) is 48.7 Å². The van der Waals surface area contributed by atoms with E-state index in [2.05, 4.69) is 32.4 Å². The molecule has 1 aliphatic rings. The van der Waals surface area contributed by atoms with Crippen LogP contribution in [0.3, 0.4) is 0 Å². The van der Waals surface area contributed by atoms with Gasteiger partial charge in [-0.05, 0) is 65.3 Å². The number of rotatable bonds is 5. The first-order valence-corrected chi connectivity index (χ1v) is 16.3. The molecular weight excluding hydrogens is 646 g/mol. The number of nitrogens with one attached hydrogen (secondary N) is 2. The van der Waals surface area contributed by atoms with E-state index in [-0.39, 0.29) is 42.1 Å². The van der Waals surface area contributed by atoms with Crippen LogP contribution in [0.2, 0.25) is 0 Å². The first kappa shape index (κ1) is 31.4. The number of aryl methyl sites for hydroxylation is 2. The summed E-state index contributed by atoms with van der Waals surface area (Å²) in [6, 6.07) is 20.9. The molecular formula is C39H29N7O5. The monoisotopic (exact) mass is 675 g/mol. The average Bonchev–Trinajstić information content (AvgIpc) is 3.67. The molecule has 0 radical (unpaired) electrons. The van der Waals surface area contributed by atoms with Crippen LogP contribution in [0.5, 0.6) is 0 Å². The van der Waals surface area contributed by atoms with Crippen molar-refractivity contribution in [1.82, 2.24) is 34.7 Å². The molecule has 2 N–H and O–H groups in total. The molecule has 1 unspecified atom stereocenters. The molecule has 6 heterocycles. The summed E-state index contributed by atoms with van der Waals surface area (Å²) in [6.45, 7) is 0.0552. The van der Waals surface area contributed by atoms with E-state index in [9.17, 15) is 19.2 Å². The Morgan fingerprint density at radius 1 is 0.922 bits per heavy atom. The van der Waals surface area contributed by atoms with Crippen molar-refractivity contribution in [1.29, 1.82) is 0 Å². The molecule has 12 nitrogen and oxygen atoms in total. The van der Waals surface area contributed by atoms with Gasteiger partial charge < -0.3 is 9.73 Å². The van der Waals surface area contributed by atoms with Crippen molar-refractivity contribution in [3.63, 3.8) is 0 Å². The molecule has 1 fully saturated rings. The molecule has 8 rings (SSSR count). The van der Waals surface area contributed by atoms with Gasteiger partial charge in [0.2, 0.25) is 11.8 Å². The van der Waals surface area contributed by atoms with E-state index in [1.54, 1.807) is 59.9 Å². The highest BCUT2D eigenvalue weighted by Gasteiger charge is 2.30. The average molecular weight is 676 g/mol. The molecule has 1 saturated heterocycles. The van der Waals surface area contributed by atoms with Crippen LogP contribution in [0, 0.1) is 11.8 Å². The lowest BCUT2D eigenvalue weighted by atomic mass is 9.92. The fraction of sp³-hybridized carbons (Fsp3) is 0.154. The fourth-order valence-electron chi connectivity index (χ4n) is 6.56. The molecule has 0 aliphatic carbocycles. The van der Waals surface area contributed by atoms with Crippen molar-refractivity contribution in [3.05, 3.63) is 113 Å². The van der Waals surface area contributed by atoms with Crippen LogP contribution < -0.4 is 16.3 Å². The minimum atomic E-state index is -0.548. The maximum absolute atomic E-state index is 12.8. The Bertz CT molecular complexity index is 2690. The number of benzene rings is 2. The van der Waals surface area contributed by atoms with Gasteiger partial charge in [-0.1, -0.05) is 30.2 Å². The summed E-state index contributed by atoms with van der Waals surface area (Å²) in [5.74, 6) is 4.56. The zero-order chi connectivity index (χ0) is 35.2. The second-order valence-electron chi connectivity index (χ2n) is 12.3. The molecule has 7 aromatic rings. The normalized spacial score (nSPS) is 14.4. The molecule has 5 aromatic heterocycles. The molecule has 51 heavy (non-hydrogen) atoms. The summed E-state index contributed by atoms with van der Waals surface area (Å²) in [7, 11) is 3.54. The highest BCUT2D eigenvalue weighted by atomic mass is 16.3. The Morgan fingerprint density at radius 3 is 2.59 bits per heavy atom. The maximum atomic E-state index is 12.8. The van der Waals surface area contributed by atoms with Crippen molar-refractivity contribution >= 4 is 50.5 Å². The number of aromatic nitrogens is 5. The van der Waals surface area contributed by atoms with Gasteiger partial charge in [-0.2, -0.15) is 0 Å². The lowest BCUT2D eigenvalue weighted by molar-refractivity contribution is -0.134. The number of furan rings is 1. The van der Waals surface area contributed by atoms with E-state index in [1.165, 1.54) is 0 Å². The Balaban J connectivity index is 0.947. The van der Waals surface area contributed by atoms with Gasteiger partial charge in [0.25, 0.3) is 5.91 Å². The SMILES string of the molecule is Cn1c(=O)n(C)c2cc(-c3cccc4cc(-c5ccc(C(=O)NCC#Cc6cc7c(C8CCC(=O)NC8=O)nccc7o6)nc5)ncc34)ccc21. The quantitative estimate of drug-likeness (QED) is 0.198. The van der Waals surface area contributed by atoms with Crippen LogP contribution in [-0.4, -0.2) is 48.4 Å². The van der Waals surface area contributed by atoms with Crippen LogP contribution in [-0.2, 0) is 23.7 Å². The zero-order valence-corrected chi connectivity index (χ0v) is 27.6. The van der Waals surface area contributed by atoms with Crippen molar-refractivity contribution in [2.75, 3.05) is 6.54 Å². The number of fused-ring (bicyclic) bond motifs is 3. The summed E-state index contributed by atoms with van der Waals surface area (Å²) in [5, 5.41) is 7.74. The van der Waals surface area contributed by atoms with E-state index < -0.39 is 5.92 Å². The second-order valence-corrected chi connectivity index (χ2v) is 12.3. The van der Waals surface area contributed by atoms with E-state index in [0.717, 1.165) is 38.5 Å². The number of imidazole rings is 1. The summed E-state index contributed by atoms with van der Waals surface area (Å²) in [4.78, 5) is 62.7. The summed E-state index contributed by atoms with van der Waals surface area (Å²) >= 11 is 0. The number of pyridine rings is 3. The standard InChI is InChI=1S/C39H29N7O5/c1-45-32-12-9-23(18-33(32)46(2)39(45)50)26-7-3-5-22-17-31(43-21-29(22)26)24-8-11-30(42-20-24)38(49)41-15-4-6-25-19-28-34(51-25)14-16-40-36(28)27-10-13-35(47)44-37(27)48/h3,5,7-9,11-12,14,16-21,27H,10,13,15H2,1-2H3,(H,41,49)(H,44,47,48). The third-order valence-electron chi connectivity index (χ3n) is 9.23. The van der Waals surface area contributed by atoms with E-state index in [0.29, 0.717) is 34.5 Å². The minimum Gasteiger partial charge on any atom is -0.448 e. The van der Waals surface area contributed by atoms with Crippen molar-refractivity contribution in [2.45, 2.75) is 18.8 Å². The van der Waals surface area contributed by atoms with Gasteiger partial charge in [0.05, 0.1) is 34.9 Å². The summed E-state index contributed by atoms with van der Waals surface area (Å²) in [5.41, 5.74) is 6.43. The van der Waals surface area contributed by atoms with Crippen LogP contribution in [0.4, 0.5) is 0 Å². The first-order chi connectivity index (χ1) is 24.7. The van der Waals surface area contributed by atoms with Gasteiger partial charge in [0, 0.05) is 61.5 Å². The van der Waals surface area contributed by atoms with Gasteiger partial charge in [-0.3, -0.25) is 43.8 Å². The number of carbonyl (C=O) groups excluding carboxylic acids is 3. The van der Waals surface area contributed by atoms with Gasteiger partial charge >= 0.3 is 5.69 Å². The van der Waals surface area contributed by atoms with E-state index >= 15 is 0 Å². The van der Waals surface area contributed by atoms with Crippen LogP contribution in [0.25, 0.3) is 55.2 Å². The third kappa shape index (κ3) is 5.70. The van der Waals surface area contributed by atoms with Gasteiger partial charge in [0.1, 0.15) is 11.3 Å². The highest BCUT2D eigenvalue weighted by Crippen LogP contribution is 2.33. The van der Waals surface area contributed by atoms with Crippen molar-refractivity contribution in [2.24, 2.45) is 14.1 Å². The highest BCUT2D eigenvalue weighted by molar-refractivity contribution is 6.02. The lowest BCUT2D eigenvalue weighted by Crippen LogP contribution is -2.39. The number of piperidine rings is 1. The Labute approximate surface area is 290 Å². The fourth-order valence-corrected chi connectivity index (χ4v) is 6.56. The number of nitrogens with zero attached hydrogens (tertiary/aromatic N) is 5. The molecule has 2 aromatic carbocycles. The molecule has 250 valence electrons. The topological polar surface area (TPSA) is 154 Å². The van der Waals surface area contributed by atoms with Crippen LogP contribution >= 0.6 is 0 Å². The molecule has 0 spiro atoms. The number of hydrogen-bond donors (Lipinski definition) is 2. The predicted octanol–water partition coefficient (Wildman–Crippen LogP) is 4.60. The van der Waals surface area contributed by atoms with Crippen LogP contribution in [0.1, 0.15) is 40.7 Å².